The number of carbonyl (C=O) groups is 2. The molecule has 160 valence electrons. The number of anilines is 2. The predicted molar refractivity (Wildman–Crippen MR) is 117 cm³/mol. The first-order valence-corrected chi connectivity index (χ1v) is 10.5. The molecule has 0 bridgehead atoms. The molecule has 0 saturated heterocycles. The molecule has 0 spiro atoms. The molecule has 7 nitrogen and oxygen atoms in total. The average molecular weight is 441 g/mol. The summed E-state index contributed by atoms with van der Waals surface area (Å²) in [6, 6.07) is 15.2. The lowest BCUT2D eigenvalue weighted by atomic mass is 10.2. The number of carbonyl (C=O) groups excluding carboxylic acids is 2. The summed E-state index contributed by atoms with van der Waals surface area (Å²) in [5.41, 5.74) is 7.42. The number of amides is 1. The van der Waals surface area contributed by atoms with Crippen molar-refractivity contribution >= 4 is 35.1 Å². The van der Waals surface area contributed by atoms with Gasteiger partial charge in [0.2, 0.25) is 5.91 Å². The first kappa shape index (κ1) is 22.2. The SMILES string of the molecule is CCOC(=O)c1cnc(SCC(=O)N(Cc2ccccc2)c2ccc(F)cc2)nc1N. The number of aromatic nitrogens is 2. The van der Waals surface area contributed by atoms with Crippen LogP contribution in [0.15, 0.2) is 66.0 Å². The molecule has 9 heteroatoms. The van der Waals surface area contributed by atoms with Gasteiger partial charge in [-0.15, -0.1) is 0 Å². The molecule has 0 saturated carbocycles. The number of esters is 1. The highest BCUT2D eigenvalue weighted by Crippen LogP contribution is 2.22. The maximum absolute atomic E-state index is 13.4. The number of thioether (sulfide) groups is 1. The number of nitrogens with two attached hydrogens (primary N) is 1. The fraction of sp³-hybridized carbons (Fsp3) is 0.182. The maximum Gasteiger partial charge on any atom is 0.343 e. The van der Waals surface area contributed by atoms with Gasteiger partial charge in [-0.05, 0) is 36.8 Å². The first-order chi connectivity index (χ1) is 15.0. The smallest absolute Gasteiger partial charge is 0.343 e. The van der Waals surface area contributed by atoms with Gasteiger partial charge < -0.3 is 15.4 Å². The Hall–Kier alpha value is -3.46. The summed E-state index contributed by atoms with van der Waals surface area (Å²) in [4.78, 5) is 34.6. The highest BCUT2D eigenvalue weighted by atomic mass is 32.2. The summed E-state index contributed by atoms with van der Waals surface area (Å²) < 4.78 is 18.3. The lowest BCUT2D eigenvalue weighted by Crippen LogP contribution is -2.32. The van der Waals surface area contributed by atoms with Crippen LogP contribution in [0.1, 0.15) is 22.8 Å². The molecule has 0 atom stereocenters. The number of benzene rings is 2. The van der Waals surface area contributed by atoms with E-state index in [0.29, 0.717) is 12.2 Å². The lowest BCUT2D eigenvalue weighted by molar-refractivity contribution is -0.116. The van der Waals surface area contributed by atoms with Gasteiger partial charge in [0.1, 0.15) is 17.2 Å². The van der Waals surface area contributed by atoms with E-state index < -0.39 is 5.97 Å². The highest BCUT2D eigenvalue weighted by Gasteiger charge is 2.19. The molecule has 0 unspecified atom stereocenters. The Labute approximate surface area is 183 Å². The van der Waals surface area contributed by atoms with Crippen molar-refractivity contribution in [3.63, 3.8) is 0 Å². The van der Waals surface area contributed by atoms with Crippen LogP contribution in [0.25, 0.3) is 0 Å². The quantitative estimate of drug-likeness (QED) is 0.324. The van der Waals surface area contributed by atoms with E-state index in [9.17, 15) is 14.0 Å². The van der Waals surface area contributed by atoms with E-state index in [4.69, 9.17) is 10.5 Å². The second kappa shape index (κ2) is 10.5. The van der Waals surface area contributed by atoms with E-state index >= 15 is 0 Å². The number of halogens is 1. The number of hydrogen-bond acceptors (Lipinski definition) is 7. The van der Waals surface area contributed by atoms with Crippen molar-refractivity contribution in [2.45, 2.75) is 18.6 Å². The zero-order valence-corrected chi connectivity index (χ0v) is 17.6. The minimum Gasteiger partial charge on any atom is -0.462 e. The van der Waals surface area contributed by atoms with Gasteiger partial charge in [0.15, 0.2) is 5.16 Å². The topological polar surface area (TPSA) is 98.4 Å². The van der Waals surface area contributed by atoms with Crippen LogP contribution in [0.4, 0.5) is 15.9 Å². The Morgan fingerprint density at radius 2 is 1.84 bits per heavy atom. The largest absolute Gasteiger partial charge is 0.462 e. The van der Waals surface area contributed by atoms with Crippen LogP contribution in [0, 0.1) is 5.82 Å². The van der Waals surface area contributed by atoms with Gasteiger partial charge in [0.05, 0.1) is 18.9 Å². The van der Waals surface area contributed by atoms with Crippen molar-refractivity contribution in [3.8, 4) is 0 Å². The van der Waals surface area contributed by atoms with Crippen molar-refractivity contribution in [3.05, 3.63) is 77.7 Å². The Kier molecular flexibility index (Phi) is 7.55. The fourth-order valence-corrected chi connectivity index (χ4v) is 3.43. The summed E-state index contributed by atoms with van der Waals surface area (Å²) in [7, 11) is 0. The van der Waals surface area contributed by atoms with Gasteiger partial charge in [-0.2, -0.15) is 0 Å². The van der Waals surface area contributed by atoms with E-state index in [0.717, 1.165) is 17.3 Å². The monoisotopic (exact) mass is 440 g/mol. The second-order valence-electron chi connectivity index (χ2n) is 6.40. The van der Waals surface area contributed by atoms with Gasteiger partial charge in [-0.25, -0.2) is 19.2 Å². The number of ether oxygens (including phenoxy) is 1. The van der Waals surface area contributed by atoms with Crippen LogP contribution in [-0.4, -0.2) is 34.2 Å². The minimum atomic E-state index is -0.599. The second-order valence-corrected chi connectivity index (χ2v) is 7.35. The molecule has 0 aliphatic carbocycles. The van der Waals surface area contributed by atoms with Crippen LogP contribution in [-0.2, 0) is 16.1 Å². The Morgan fingerprint density at radius 3 is 2.48 bits per heavy atom. The van der Waals surface area contributed by atoms with E-state index in [1.165, 1.54) is 18.3 Å². The zero-order chi connectivity index (χ0) is 22.2. The normalized spacial score (nSPS) is 10.5. The highest BCUT2D eigenvalue weighted by molar-refractivity contribution is 7.99. The molecule has 0 radical (unpaired) electrons. The third-order valence-electron chi connectivity index (χ3n) is 4.24. The van der Waals surface area contributed by atoms with E-state index in [1.807, 2.05) is 30.3 Å². The van der Waals surface area contributed by atoms with Crippen LogP contribution in [0.2, 0.25) is 0 Å². The third-order valence-corrected chi connectivity index (χ3v) is 5.09. The summed E-state index contributed by atoms with van der Waals surface area (Å²) >= 11 is 1.09. The molecular formula is C22H21FN4O3S. The molecule has 3 aromatic rings. The van der Waals surface area contributed by atoms with Crippen LogP contribution >= 0.6 is 11.8 Å². The number of hydrogen-bond donors (Lipinski definition) is 1. The zero-order valence-electron chi connectivity index (χ0n) is 16.8. The Morgan fingerprint density at radius 1 is 1.13 bits per heavy atom. The van der Waals surface area contributed by atoms with Crippen molar-refractivity contribution < 1.29 is 18.7 Å². The fourth-order valence-electron chi connectivity index (χ4n) is 2.73. The average Bonchev–Trinajstić information content (AvgIpc) is 2.77. The molecule has 1 amide bonds. The molecule has 31 heavy (non-hydrogen) atoms. The Balaban J connectivity index is 1.73. The van der Waals surface area contributed by atoms with Crippen LogP contribution < -0.4 is 10.6 Å². The standard InChI is InChI=1S/C22H21FN4O3S/c1-2-30-21(29)18-12-25-22(26-20(18)24)31-14-19(28)27(13-15-6-4-3-5-7-15)17-10-8-16(23)9-11-17/h3-12H,2,13-14H2,1H3,(H2,24,25,26). The molecule has 2 aromatic carbocycles. The van der Waals surface area contributed by atoms with Gasteiger partial charge >= 0.3 is 5.97 Å². The van der Waals surface area contributed by atoms with E-state index in [-0.39, 0.29) is 40.6 Å². The molecule has 0 fully saturated rings. The summed E-state index contributed by atoms with van der Waals surface area (Å²) in [6.07, 6.45) is 1.29. The van der Waals surface area contributed by atoms with Crippen molar-refractivity contribution in [2.75, 3.05) is 23.0 Å². The van der Waals surface area contributed by atoms with Gasteiger partial charge in [-0.3, -0.25) is 4.79 Å². The molecule has 1 aromatic heterocycles. The van der Waals surface area contributed by atoms with E-state index in [1.54, 1.807) is 24.0 Å². The maximum atomic E-state index is 13.4. The summed E-state index contributed by atoms with van der Waals surface area (Å²) in [5.74, 6) is -1.17. The van der Waals surface area contributed by atoms with Gasteiger partial charge in [-0.1, -0.05) is 42.1 Å². The summed E-state index contributed by atoms with van der Waals surface area (Å²) in [5, 5.41) is 0.262. The van der Waals surface area contributed by atoms with Crippen LogP contribution in [0.5, 0.6) is 0 Å². The van der Waals surface area contributed by atoms with E-state index in [2.05, 4.69) is 9.97 Å². The van der Waals surface area contributed by atoms with Crippen molar-refractivity contribution in [1.82, 2.24) is 9.97 Å². The van der Waals surface area contributed by atoms with Crippen molar-refractivity contribution in [1.29, 1.82) is 0 Å². The van der Waals surface area contributed by atoms with Gasteiger partial charge in [0.25, 0.3) is 0 Å². The molecule has 1 heterocycles. The molecular weight excluding hydrogens is 419 g/mol. The van der Waals surface area contributed by atoms with Crippen molar-refractivity contribution in [2.24, 2.45) is 0 Å². The molecule has 2 N–H and O–H groups in total. The third kappa shape index (κ3) is 6.02. The summed E-state index contributed by atoms with van der Waals surface area (Å²) in [6.45, 7) is 2.23. The predicted octanol–water partition coefficient (Wildman–Crippen LogP) is 3.70. The van der Waals surface area contributed by atoms with Crippen LogP contribution in [0.3, 0.4) is 0 Å². The van der Waals surface area contributed by atoms with Gasteiger partial charge in [0, 0.05) is 11.9 Å². The number of rotatable bonds is 8. The Bertz CT molecular complexity index is 1050. The lowest BCUT2D eigenvalue weighted by Gasteiger charge is -2.23. The first-order valence-electron chi connectivity index (χ1n) is 9.50. The molecule has 0 aliphatic rings. The number of nitrogen functional groups attached to an aromatic ring is 1. The number of nitrogens with zero attached hydrogens (tertiary/aromatic N) is 3. The molecule has 3 rings (SSSR count). The molecule has 0 aliphatic heterocycles. The minimum absolute atomic E-state index is 0.0110.